The first kappa shape index (κ1) is 63.4. The van der Waals surface area contributed by atoms with E-state index in [0.717, 1.165) is 74.0 Å². The largest absolute Gasteiger partial charge is 0.444 e. The van der Waals surface area contributed by atoms with E-state index in [1.165, 1.54) is 12.1 Å². The van der Waals surface area contributed by atoms with E-state index in [4.69, 9.17) is 9.47 Å². The van der Waals surface area contributed by atoms with Crippen molar-refractivity contribution in [3.63, 3.8) is 0 Å². The van der Waals surface area contributed by atoms with Crippen molar-refractivity contribution in [3.05, 3.63) is 146 Å². The molecule has 21 heteroatoms. The van der Waals surface area contributed by atoms with Crippen LogP contribution in [0.5, 0.6) is 0 Å². The number of hydrogen-bond donors (Lipinski definition) is 2. The Balaban J connectivity index is 0.677. The molecule has 5 aromatic rings. The highest BCUT2D eigenvalue weighted by atomic mass is 19.1. The maximum atomic E-state index is 15.2. The van der Waals surface area contributed by atoms with Gasteiger partial charge in [-0.25, -0.2) is 23.1 Å². The van der Waals surface area contributed by atoms with Crippen molar-refractivity contribution < 1.29 is 51.4 Å². The number of halogens is 3. The summed E-state index contributed by atoms with van der Waals surface area (Å²) in [5, 5.41) is 11.2. The first-order chi connectivity index (χ1) is 42.2. The van der Waals surface area contributed by atoms with Crippen molar-refractivity contribution in [2.45, 2.75) is 147 Å². The molecule has 6 amide bonds. The van der Waals surface area contributed by atoms with Crippen LogP contribution in [0, 0.1) is 23.4 Å². The molecule has 0 bridgehead atoms. The third-order valence-corrected chi connectivity index (χ3v) is 18.1. The average molecular weight is 1210 g/mol. The fourth-order valence-corrected chi connectivity index (χ4v) is 13.3. The molecule has 18 nitrogen and oxygen atoms in total. The van der Waals surface area contributed by atoms with E-state index < -0.39 is 41.1 Å². The Hall–Kier alpha value is -7.65. The predicted molar refractivity (Wildman–Crippen MR) is 325 cm³/mol. The molecule has 4 aromatic carbocycles. The van der Waals surface area contributed by atoms with Crippen LogP contribution >= 0.6 is 0 Å². The Bertz CT molecular complexity index is 3410. The summed E-state index contributed by atoms with van der Waals surface area (Å²) >= 11 is 0. The molecule has 10 rings (SSSR count). The Morgan fingerprint density at radius 1 is 0.727 bits per heavy atom. The molecule has 1 saturated carbocycles. The van der Waals surface area contributed by atoms with Crippen molar-refractivity contribution in [1.82, 2.24) is 44.9 Å². The summed E-state index contributed by atoms with van der Waals surface area (Å²) in [6, 6.07) is 21.2. The molecule has 5 aliphatic rings. The Morgan fingerprint density at radius 2 is 1.45 bits per heavy atom. The third-order valence-electron chi connectivity index (χ3n) is 18.1. The number of piperazine rings is 1. The number of likely N-dealkylation sites (tertiary alicyclic amines) is 3. The fraction of sp³-hybridized carbons (Fsp3) is 0.522. The third kappa shape index (κ3) is 15.8. The van der Waals surface area contributed by atoms with E-state index in [-0.39, 0.29) is 110 Å². The summed E-state index contributed by atoms with van der Waals surface area (Å²) in [5.41, 5.74) is 1.37. The summed E-state index contributed by atoms with van der Waals surface area (Å²) in [5.74, 6) is -3.59. The summed E-state index contributed by atoms with van der Waals surface area (Å²) in [4.78, 5) is 106. The van der Waals surface area contributed by atoms with Crippen molar-refractivity contribution in [2.75, 3.05) is 72.0 Å². The number of nitrogens with one attached hydrogen (secondary N) is 2. The molecule has 470 valence electrons. The first-order valence-electron chi connectivity index (χ1n) is 31.3. The van der Waals surface area contributed by atoms with E-state index in [0.29, 0.717) is 92.7 Å². The number of aromatic nitrogens is 2. The zero-order chi connectivity index (χ0) is 62.2. The fourth-order valence-electron chi connectivity index (χ4n) is 13.3. The van der Waals surface area contributed by atoms with E-state index in [1.54, 1.807) is 65.8 Å². The quantitative estimate of drug-likeness (QED) is 0.0960. The Labute approximate surface area is 512 Å². The minimum atomic E-state index is -0.886. The molecular weight excluding hydrogens is 1130 g/mol. The van der Waals surface area contributed by atoms with Gasteiger partial charge in [-0.15, -0.1) is 0 Å². The van der Waals surface area contributed by atoms with Crippen LogP contribution in [0.15, 0.2) is 89.7 Å². The molecule has 5 heterocycles. The molecular formula is C67H82F3N9O9. The van der Waals surface area contributed by atoms with Crippen LogP contribution in [0.3, 0.4) is 0 Å². The number of carbonyl (C=O) groups excluding carboxylic acids is 6. The zero-order valence-electron chi connectivity index (χ0n) is 51.0. The number of aromatic amines is 1. The first-order valence-corrected chi connectivity index (χ1v) is 31.3. The smallest absolute Gasteiger partial charge is 0.411 e. The molecule has 0 unspecified atom stereocenters. The molecule has 88 heavy (non-hydrogen) atoms. The second-order valence-electron chi connectivity index (χ2n) is 25.6. The van der Waals surface area contributed by atoms with Gasteiger partial charge < -0.3 is 34.4 Å². The molecule has 0 radical (unpaired) electrons. The van der Waals surface area contributed by atoms with Crippen molar-refractivity contribution in [1.29, 1.82) is 0 Å². The van der Waals surface area contributed by atoms with Crippen LogP contribution in [-0.4, -0.2) is 177 Å². The van der Waals surface area contributed by atoms with Gasteiger partial charge >= 0.3 is 6.09 Å². The maximum absolute atomic E-state index is 15.2. The second-order valence-corrected chi connectivity index (χ2v) is 25.6. The summed E-state index contributed by atoms with van der Waals surface area (Å²) in [6.07, 6.45) is 8.41. The second kappa shape index (κ2) is 28.2. The van der Waals surface area contributed by atoms with Crippen molar-refractivity contribution in [3.8, 4) is 0 Å². The number of hydrogen-bond acceptors (Lipinski definition) is 11. The molecule has 5 fully saturated rings. The van der Waals surface area contributed by atoms with Crippen LogP contribution in [-0.2, 0) is 36.8 Å². The molecule has 1 aliphatic carbocycles. The lowest BCUT2D eigenvalue weighted by Crippen LogP contribution is -2.57. The number of carbonyl (C=O) groups is 6. The minimum absolute atomic E-state index is 0.00879. The Kier molecular flexibility index (Phi) is 20.3. The van der Waals surface area contributed by atoms with E-state index in [9.17, 15) is 42.3 Å². The minimum Gasteiger partial charge on any atom is -0.444 e. The number of ether oxygens (including phenoxy) is 2. The van der Waals surface area contributed by atoms with Gasteiger partial charge in [0.15, 0.2) is 0 Å². The molecule has 0 spiro atoms. The molecule has 1 aromatic heterocycles. The van der Waals surface area contributed by atoms with E-state index in [1.807, 2.05) is 42.2 Å². The number of amides is 6. The van der Waals surface area contributed by atoms with Gasteiger partial charge in [0.05, 0.1) is 41.9 Å². The van der Waals surface area contributed by atoms with Gasteiger partial charge in [0.1, 0.15) is 35.6 Å². The maximum Gasteiger partial charge on any atom is 0.411 e. The van der Waals surface area contributed by atoms with Gasteiger partial charge in [-0.2, -0.15) is 5.10 Å². The van der Waals surface area contributed by atoms with Gasteiger partial charge in [0.2, 0.25) is 17.7 Å². The number of benzene rings is 4. The molecule has 2 N–H and O–H groups in total. The number of rotatable bonds is 16. The summed E-state index contributed by atoms with van der Waals surface area (Å²) in [6.45, 7) is 10.6. The highest BCUT2D eigenvalue weighted by molar-refractivity contribution is 5.98. The normalized spacial score (nSPS) is 20.4. The monoisotopic (exact) mass is 1210 g/mol. The lowest BCUT2D eigenvalue weighted by atomic mass is 9.82. The number of nitrogens with zero attached hydrogens (tertiary/aromatic N) is 7. The number of fused-ring (bicyclic) bond motifs is 1. The lowest BCUT2D eigenvalue weighted by molar-refractivity contribution is -0.143. The van der Waals surface area contributed by atoms with Crippen molar-refractivity contribution >= 4 is 46.4 Å². The van der Waals surface area contributed by atoms with E-state index >= 15 is 4.39 Å². The highest BCUT2D eigenvalue weighted by Gasteiger charge is 2.40. The SMILES string of the molecule is C[C@H]1C[C@@H](OC2CCN(CC(=O)N3CCN(C(=O)c4cc(Cc5n[nH]c(=O)c6ccccc56)ccc4F)CC3)CC2)CCN1C(=O)[C@H](NC(=O)c1cccc([C@@H]2CCCN(C(=O)CN(Cc3ccc(F)cc3F)C(=O)OC(C)(C)C)C2)c1)C1CCCCC1. The van der Waals surface area contributed by atoms with Gasteiger partial charge in [0, 0.05) is 99.9 Å². The summed E-state index contributed by atoms with van der Waals surface area (Å²) < 4.78 is 56.0. The van der Waals surface area contributed by atoms with Gasteiger partial charge in [-0.1, -0.05) is 61.7 Å². The number of H-pyrrole nitrogens is 1. The van der Waals surface area contributed by atoms with Crippen LogP contribution in [0.25, 0.3) is 10.8 Å². The summed E-state index contributed by atoms with van der Waals surface area (Å²) in [7, 11) is 0. The standard InChI is InChI=1S/C67H82F3N9O9/c1-43-34-52(87-51-23-27-74(28-24-51)41-59(80)75-30-32-76(33-31-75)64(84)55-35-44(19-22-56(55)69)36-58-53-17-8-9-18-54(53)63(83)73-72-58)25-29-79(43)65(85)61(45-12-6-5-7-13-45)71-62(82)47-15-10-14-46(37-47)48-16-11-26-77(39-48)60(81)42-78(66(86)88-67(2,3)4)40-49-20-21-50(68)38-57(49)70/h8-10,14-15,17-22,35,37-38,43,45,48,51-52,61H,5-7,11-13,16,23-34,36,39-42H2,1-4H3,(H,71,82)(H,73,83)/t43-,48+,52-,61+/m0/s1. The van der Waals surface area contributed by atoms with Crippen LogP contribution in [0.1, 0.15) is 147 Å². The lowest BCUT2D eigenvalue weighted by Gasteiger charge is -2.42. The Morgan fingerprint density at radius 3 is 2.18 bits per heavy atom. The molecule has 4 aliphatic heterocycles. The molecule has 4 atom stereocenters. The van der Waals surface area contributed by atoms with Gasteiger partial charge in [0.25, 0.3) is 17.4 Å². The molecule has 4 saturated heterocycles. The predicted octanol–water partition coefficient (Wildman–Crippen LogP) is 8.60. The van der Waals surface area contributed by atoms with E-state index in [2.05, 4.69) is 20.4 Å². The van der Waals surface area contributed by atoms with Crippen molar-refractivity contribution in [2.24, 2.45) is 5.92 Å². The highest BCUT2D eigenvalue weighted by Crippen LogP contribution is 2.33. The number of piperidine rings is 3. The van der Waals surface area contributed by atoms with Crippen LogP contribution in [0.4, 0.5) is 18.0 Å². The van der Waals surface area contributed by atoms with Gasteiger partial charge in [-0.05, 0) is 133 Å². The zero-order valence-corrected chi connectivity index (χ0v) is 51.0. The average Bonchev–Trinajstić information content (AvgIpc) is 2.24. The van der Waals surface area contributed by atoms with Crippen LogP contribution < -0.4 is 10.9 Å². The topological polar surface area (TPSA) is 198 Å². The van der Waals surface area contributed by atoms with Crippen LogP contribution in [0.2, 0.25) is 0 Å². The van der Waals surface area contributed by atoms with Gasteiger partial charge in [-0.3, -0.25) is 38.6 Å².